The summed E-state index contributed by atoms with van der Waals surface area (Å²) in [5, 5.41) is 8.43. The highest BCUT2D eigenvalue weighted by molar-refractivity contribution is 8.08. The van der Waals surface area contributed by atoms with E-state index < -0.39 is 50.0 Å². The Balaban J connectivity index is -0.000000293. The van der Waals surface area contributed by atoms with Gasteiger partial charge in [-0.3, -0.25) is 32.6 Å². The third kappa shape index (κ3) is 39.6. The monoisotopic (exact) mass is 802 g/mol. The Morgan fingerprint density at radius 2 is 0.894 bits per heavy atom. The van der Waals surface area contributed by atoms with Crippen molar-refractivity contribution in [1.29, 1.82) is 0 Å². The van der Waals surface area contributed by atoms with E-state index in [2.05, 4.69) is 4.74 Å². The molecule has 0 aromatic rings. The third-order valence-corrected chi connectivity index (χ3v) is 6.64. The molecule has 282 valence electrons. The average molecular weight is 804 g/mol. The molecule has 0 aliphatic heterocycles. The first kappa shape index (κ1) is 53.1. The zero-order chi connectivity index (χ0) is 38.0. The molecule has 0 bridgehead atoms. The van der Waals surface area contributed by atoms with E-state index in [-0.39, 0.29) is 50.9 Å². The summed E-state index contributed by atoms with van der Waals surface area (Å²) in [6.45, 7) is 14.8. The van der Waals surface area contributed by atoms with Gasteiger partial charge in [-0.15, -0.1) is 0 Å². The van der Waals surface area contributed by atoms with Crippen molar-refractivity contribution in [2.75, 3.05) is 66.2 Å². The van der Waals surface area contributed by atoms with E-state index in [1.54, 1.807) is 48.5 Å². The summed E-state index contributed by atoms with van der Waals surface area (Å²) in [7, 11) is -3.45. The highest BCUT2D eigenvalue weighted by Crippen LogP contribution is 2.52. The lowest BCUT2D eigenvalue weighted by molar-refractivity contribution is -0.152. The minimum Gasteiger partial charge on any atom is -0.466 e. The van der Waals surface area contributed by atoms with Gasteiger partial charge < -0.3 is 33.1 Å². The van der Waals surface area contributed by atoms with Crippen molar-refractivity contribution in [2.45, 2.75) is 61.5 Å². The van der Waals surface area contributed by atoms with Crippen LogP contribution in [0.5, 0.6) is 0 Å². The predicted octanol–water partition coefficient (Wildman–Crippen LogP) is 6.72. The van der Waals surface area contributed by atoms with Crippen LogP contribution in [0.2, 0.25) is 0 Å². The lowest BCUT2D eigenvalue weighted by Gasteiger charge is -2.19. The van der Waals surface area contributed by atoms with Crippen molar-refractivity contribution in [3.8, 4) is 0 Å². The van der Waals surface area contributed by atoms with Crippen molar-refractivity contribution < 1.29 is 70.5 Å². The molecule has 0 fully saturated rings. The molecule has 0 spiro atoms. The number of aliphatic hydroxyl groups excluding tert-OH is 1. The molecule has 0 aliphatic rings. The number of hydrogen-bond acceptors (Lipinski definition) is 15. The molecule has 0 aromatic carbocycles. The minimum atomic E-state index is -3.45. The van der Waals surface area contributed by atoms with E-state index >= 15 is 0 Å². The van der Waals surface area contributed by atoms with Gasteiger partial charge in [0, 0.05) is 20.0 Å². The number of rotatable bonds is 17. The first-order chi connectivity index (χ1) is 21.3. The average Bonchev–Trinajstić information content (AvgIpc) is 2.93. The van der Waals surface area contributed by atoms with Gasteiger partial charge in [-0.1, -0.05) is 0 Å². The topological polar surface area (TPSA) is 204 Å². The van der Waals surface area contributed by atoms with Gasteiger partial charge in [0.1, 0.15) is 0 Å². The smallest absolute Gasteiger partial charge is 0.335 e. The summed E-state index contributed by atoms with van der Waals surface area (Å²) >= 11 is 15.0. The van der Waals surface area contributed by atoms with Crippen LogP contribution in [0.4, 0.5) is 0 Å². The Morgan fingerprint density at radius 1 is 0.596 bits per heavy atom. The van der Waals surface area contributed by atoms with E-state index in [0.717, 1.165) is 0 Å². The summed E-state index contributed by atoms with van der Waals surface area (Å²) in [4.78, 5) is 44.3. The maximum absolute atomic E-state index is 12.0. The number of carbonyl (C=O) groups is 4. The molecular weight excluding hydrogens is 752 g/mol. The molecule has 6 unspecified atom stereocenters. The molecule has 1 N–H and O–H groups in total. The zero-order valence-corrected chi connectivity index (χ0v) is 33.8. The summed E-state index contributed by atoms with van der Waals surface area (Å²) < 4.78 is 66.4. The van der Waals surface area contributed by atoms with Crippen molar-refractivity contribution in [3.05, 3.63) is 0 Å². The Bertz CT molecular complexity index is 1030. The van der Waals surface area contributed by atoms with Gasteiger partial charge in [0.2, 0.25) is 5.85 Å². The Hall–Kier alpha value is -0.720. The van der Waals surface area contributed by atoms with Gasteiger partial charge in [-0.2, -0.15) is 0 Å². The number of hydrogen-bond donors (Lipinski definition) is 1. The Kier molecular flexibility index (Phi) is 32.8. The summed E-state index contributed by atoms with van der Waals surface area (Å²) in [5.74, 6) is -5.84. The SMILES string of the molecule is CCOC(=O)C(C)CO.CCOC(=O)C(C)COP(C)(=O)Cl.CCOC(=O)C(C)COP(C)(=O)OC(C)C(=O)OCC.CP(=O)(Cl)Cl. The van der Waals surface area contributed by atoms with Crippen LogP contribution in [-0.4, -0.2) is 101 Å². The molecular formula is C26H52Cl3O15P3. The number of carbonyl (C=O) groups excluding carboxylic acids is 4. The van der Waals surface area contributed by atoms with Crippen LogP contribution in [0, 0.1) is 17.8 Å². The first-order valence-corrected chi connectivity index (χ1v) is 23.3. The highest BCUT2D eigenvalue weighted by atomic mass is 35.9. The van der Waals surface area contributed by atoms with E-state index in [1.807, 2.05) is 0 Å². The van der Waals surface area contributed by atoms with Gasteiger partial charge in [0.15, 0.2) is 6.10 Å². The maximum Gasteiger partial charge on any atom is 0.335 e. The van der Waals surface area contributed by atoms with Crippen LogP contribution < -0.4 is 0 Å². The van der Waals surface area contributed by atoms with Gasteiger partial charge in [0.05, 0.1) is 64.0 Å². The number of halogens is 3. The van der Waals surface area contributed by atoms with Crippen molar-refractivity contribution in [1.82, 2.24) is 0 Å². The normalized spacial score (nSPS) is 15.7. The van der Waals surface area contributed by atoms with Crippen LogP contribution in [0.15, 0.2) is 0 Å². The number of aliphatic hydroxyl groups is 1. The molecule has 0 saturated carbocycles. The number of ether oxygens (including phenoxy) is 4. The lowest BCUT2D eigenvalue weighted by atomic mass is 10.2. The fourth-order valence-corrected chi connectivity index (χ4v) is 4.05. The van der Waals surface area contributed by atoms with Crippen LogP contribution >= 0.6 is 53.9 Å². The van der Waals surface area contributed by atoms with Gasteiger partial charge in [-0.05, 0) is 89.1 Å². The van der Waals surface area contributed by atoms with Crippen molar-refractivity contribution >= 4 is 77.8 Å². The van der Waals surface area contributed by atoms with E-state index in [9.17, 15) is 32.9 Å². The molecule has 0 rings (SSSR count). The fraction of sp³-hybridized carbons (Fsp3) is 0.846. The van der Waals surface area contributed by atoms with Crippen LogP contribution in [0.1, 0.15) is 55.4 Å². The molecule has 0 aromatic heterocycles. The summed E-state index contributed by atoms with van der Waals surface area (Å²) in [6, 6.07) is 0. The second kappa shape index (κ2) is 29.1. The molecule has 47 heavy (non-hydrogen) atoms. The molecule has 0 heterocycles. The van der Waals surface area contributed by atoms with E-state index in [4.69, 9.17) is 66.6 Å². The number of esters is 4. The molecule has 6 atom stereocenters. The molecule has 21 heteroatoms. The predicted molar refractivity (Wildman–Crippen MR) is 182 cm³/mol. The largest absolute Gasteiger partial charge is 0.466 e. The van der Waals surface area contributed by atoms with Crippen LogP contribution in [0.25, 0.3) is 0 Å². The lowest BCUT2D eigenvalue weighted by Crippen LogP contribution is -2.24. The van der Waals surface area contributed by atoms with Gasteiger partial charge >= 0.3 is 31.5 Å². The molecule has 0 saturated heterocycles. The Labute approximate surface area is 293 Å². The second-order valence-corrected chi connectivity index (χ2v) is 20.9. The quantitative estimate of drug-likeness (QED) is 0.0921. The maximum atomic E-state index is 12.0. The zero-order valence-electron chi connectivity index (χ0n) is 28.9. The summed E-state index contributed by atoms with van der Waals surface area (Å²) in [5.41, 5.74) is 0. The summed E-state index contributed by atoms with van der Waals surface area (Å²) in [6.07, 6.45) is -0.997. The van der Waals surface area contributed by atoms with Crippen LogP contribution in [-0.2, 0) is 65.4 Å². The second-order valence-electron chi connectivity index (χ2n) is 9.47. The fourth-order valence-electron chi connectivity index (χ4n) is 2.18. The minimum absolute atomic E-state index is 0.0239. The van der Waals surface area contributed by atoms with E-state index in [1.165, 1.54) is 26.9 Å². The highest BCUT2D eigenvalue weighted by Gasteiger charge is 2.28. The van der Waals surface area contributed by atoms with E-state index in [0.29, 0.717) is 13.2 Å². The standard InChI is InChI=1S/C12H23O7P.C7H14ClO4P.C6H12O3.CH3Cl2OP/c1-6-16-11(13)9(3)8-18-20(5,15)19-10(4)12(14)17-7-2;1-4-11-7(9)6(2)5-12-13(3,8)10;1-3-9-6(8)5(2)4-7;1-5(2,3)4/h9-10H,6-8H2,1-5H3;6H,4-5H2,1-3H3;5,7H,3-4H2,1-2H3;1H3. The molecule has 0 amide bonds. The van der Waals surface area contributed by atoms with Gasteiger partial charge in [-0.25, -0.2) is 4.79 Å². The van der Waals surface area contributed by atoms with Crippen molar-refractivity contribution in [2.24, 2.45) is 17.8 Å². The molecule has 0 radical (unpaired) electrons. The first-order valence-electron chi connectivity index (χ1n) is 14.4. The molecule has 15 nitrogen and oxygen atoms in total. The van der Waals surface area contributed by atoms with Crippen molar-refractivity contribution in [3.63, 3.8) is 0 Å². The van der Waals surface area contributed by atoms with Gasteiger partial charge in [0.25, 0.3) is 6.72 Å². The Morgan fingerprint density at radius 3 is 1.19 bits per heavy atom. The third-order valence-electron chi connectivity index (χ3n) is 4.42. The molecule has 0 aliphatic carbocycles. The van der Waals surface area contributed by atoms with Crippen LogP contribution in [0.3, 0.4) is 0 Å².